The number of rotatable bonds is 8. The molecule has 9 nitrogen and oxygen atoms in total. The third-order valence-corrected chi connectivity index (χ3v) is 6.41. The molecule has 2 aliphatic carbocycles. The number of carbonyl (C=O) groups is 1. The Morgan fingerprint density at radius 2 is 1.88 bits per heavy atom. The van der Waals surface area contributed by atoms with Gasteiger partial charge in [-0.1, -0.05) is 19.3 Å². The molecule has 2 saturated carbocycles. The molecule has 4 N–H and O–H groups in total. The van der Waals surface area contributed by atoms with Gasteiger partial charge in [0, 0.05) is 14.1 Å². The second-order valence-electron chi connectivity index (χ2n) is 9.26. The van der Waals surface area contributed by atoms with Crippen LogP contribution in [-0.4, -0.2) is 65.0 Å². The summed E-state index contributed by atoms with van der Waals surface area (Å²) in [6.45, 7) is 1.65. The van der Waals surface area contributed by atoms with Crippen molar-refractivity contribution < 1.29 is 18.7 Å². The minimum absolute atomic E-state index is 0.00591. The number of hydrogen-bond donors (Lipinski definition) is 2. The molecule has 1 heterocycles. The second-order valence-corrected chi connectivity index (χ2v) is 9.26. The van der Waals surface area contributed by atoms with Crippen LogP contribution in [0.25, 0.3) is 5.70 Å². The molecule has 184 valence electrons. The van der Waals surface area contributed by atoms with E-state index in [0.717, 1.165) is 38.5 Å². The normalized spacial score (nSPS) is 19.1. The smallest absolute Gasteiger partial charge is 0.409 e. The number of hydrazine groups is 1. The molecule has 0 atom stereocenters. The number of likely N-dealkylation sites (N-methyl/N-ethyl adjacent to an activating group) is 1. The van der Waals surface area contributed by atoms with E-state index < -0.39 is 11.8 Å². The Morgan fingerprint density at radius 3 is 2.48 bits per heavy atom. The number of halogens is 1. The molecular formula is C23H37FN6O3. The van der Waals surface area contributed by atoms with Crippen molar-refractivity contribution in [2.75, 3.05) is 27.2 Å². The average Bonchev–Trinajstić information content (AvgIpc) is 3.21. The highest BCUT2D eigenvalue weighted by atomic mass is 19.1. The maximum Gasteiger partial charge on any atom is 0.409 e. The van der Waals surface area contributed by atoms with Gasteiger partial charge >= 0.3 is 6.09 Å². The van der Waals surface area contributed by atoms with Crippen molar-refractivity contribution in [3.05, 3.63) is 23.3 Å². The zero-order valence-electron chi connectivity index (χ0n) is 20.0. The molecule has 10 heteroatoms. The summed E-state index contributed by atoms with van der Waals surface area (Å²) in [5, 5.41) is 1.28. The predicted molar refractivity (Wildman–Crippen MR) is 124 cm³/mol. The lowest BCUT2D eigenvalue weighted by atomic mass is 9.98. The zero-order chi connectivity index (χ0) is 24.0. The van der Waals surface area contributed by atoms with Crippen molar-refractivity contribution in [1.82, 2.24) is 19.9 Å². The number of amides is 1. The monoisotopic (exact) mass is 464 g/mol. The van der Waals surface area contributed by atoms with Crippen LogP contribution in [0.4, 0.5) is 9.18 Å². The first kappa shape index (κ1) is 25.0. The first-order chi connectivity index (χ1) is 15.7. The van der Waals surface area contributed by atoms with E-state index in [0.29, 0.717) is 35.8 Å². The summed E-state index contributed by atoms with van der Waals surface area (Å²) >= 11 is 0. The minimum atomic E-state index is -1.34. The molecule has 2 aliphatic rings. The van der Waals surface area contributed by atoms with Crippen molar-refractivity contribution in [3.8, 4) is 5.88 Å². The number of ether oxygens (including phenoxy) is 2. The van der Waals surface area contributed by atoms with E-state index in [1.54, 1.807) is 7.05 Å². The quantitative estimate of drug-likeness (QED) is 0.444. The average molecular weight is 465 g/mol. The van der Waals surface area contributed by atoms with Crippen molar-refractivity contribution in [1.29, 1.82) is 0 Å². The Bertz CT molecular complexity index is 851. The summed E-state index contributed by atoms with van der Waals surface area (Å²) in [6, 6.07) is 0. The standard InChI is InChI=1S/C23H37FN6O3/c1-16-21(33-17-9-5-4-6-10-17)27-13-18(28-16)20(25)19(30(3)26)14-32-22(31)29(2)15-23(24)11-7-8-12-23/h13,17H,4-12,14-15,25-26H2,1-3H3/b20-19-. The van der Waals surface area contributed by atoms with Gasteiger partial charge in [0.1, 0.15) is 29.8 Å². The summed E-state index contributed by atoms with van der Waals surface area (Å²) in [5.41, 5.74) is 6.61. The summed E-state index contributed by atoms with van der Waals surface area (Å²) in [6.07, 6.45) is 9.29. The molecule has 0 aromatic carbocycles. The summed E-state index contributed by atoms with van der Waals surface area (Å²) in [4.78, 5) is 22.6. The lowest BCUT2D eigenvalue weighted by Gasteiger charge is -2.27. The van der Waals surface area contributed by atoms with Crippen molar-refractivity contribution in [2.45, 2.75) is 76.5 Å². The molecule has 0 spiro atoms. The molecule has 1 amide bonds. The Labute approximate surface area is 195 Å². The van der Waals surface area contributed by atoms with Gasteiger partial charge in [-0.15, -0.1) is 0 Å². The number of nitrogens with two attached hydrogens (primary N) is 2. The van der Waals surface area contributed by atoms with Crippen LogP contribution in [0, 0.1) is 6.92 Å². The van der Waals surface area contributed by atoms with Crippen LogP contribution in [-0.2, 0) is 4.74 Å². The lowest BCUT2D eigenvalue weighted by molar-refractivity contribution is 0.0766. The number of alkyl halides is 1. The second kappa shape index (κ2) is 11.0. The van der Waals surface area contributed by atoms with E-state index in [2.05, 4.69) is 9.97 Å². The summed E-state index contributed by atoms with van der Waals surface area (Å²) in [5.74, 6) is 6.44. The third kappa shape index (κ3) is 6.69. The minimum Gasteiger partial charge on any atom is -0.473 e. The third-order valence-electron chi connectivity index (χ3n) is 6.41. The fourth-order valence-electron chi connectivity index (χ4n) is 4.47. The molecule has 33 heavy (non-hydrogen) atoms. The van der Waals surface area contributed by atoms with Gasteiger partial charge in [0.15, 0.2) is 0 Å². The van der Waals surface area contributed by atoms with E-state index in [4.69, 9.17) is 21.1 Å². The van der Waals surface area contributed by atoms with Crippen molar-refractivity contribution >= 4 is 11.8 Å². The molecule has 1 aromatic heterocycles. The predicted octanol–water partition coefficient (Wildman–Crippen LogP) is 3.28. The van der Waals surface area contributed by atoms with Gasteiger partial charge in [-0.2, -0.15) is 0 Å². The highest BCUT2D eigenvalue weighted by Gasteiger charge is 2.36. The van der Waals surface area contributed by atoms with E-state index in [9.17, 15) is 9.18 Å². The van der Waals surface area contributed by atoms with Crippen molar-refractivity contribution in [3.63, 3.8) is 0 Å². The Kier molecular flexibility index (Phi) is 8.34. The lowest BCUT2D eigenvalue weighted by Crippen LogP contribution is -2.40. The molecule has 2 fully saturated rings. The molecule has 0 aliphatic heterocycles. The molecule has 1 aromatic rings. The fourth-order valence-corrected chi connectivity index (χ4v) is 4.47. The maximum atomic E-state index is 14.7. The Morgan fingerprint density at radius 1 is 1.21 bits per heavy atom. The SMILES string of the molecule is Cc1nc(/C(N)=C(\COC(=O)N(C)CC2(F)CCCC2)N(C)N)cnc1OC1CCCCC1. The van der Waals surface area contributed by atoms with Crippen LogP contribution < -0.4 is 16.3 Å². The number of hydrogen-bond acceptors (Lipinski definition) is 8. The Balaban J connectivity index is 1.65. The number of carbonyl (C=O) groups excluding carboxylic acids is 1. The molecule has 0 bridgehead atoms. The van der Waals surface area contributed by atoms with Gasteiger partial charge in [0.25, 0.3) is 0 Å². The highest BCUT2D eigenvalue weighted by Crippen LogP contribution is 2.34. The van der Waals surface area contributed by atoms with Gasteiger partial charge in [-0.3, -0.25) is 0 Å². The number of aromatic nitrogens is 2. The van der Waals surface area contributed by atoms with E-state index in [1.807, 2.05) is 6.92 Å². The van der Waals surface area contributed by atoms with Crippen LogP contribution >= 0.6 is 0 Å². The molecule has 0 unspecified atom stereocenters. The van der Waals surface area contributed by atoms with Gasteiger partial charge in [-0.25, -0.2) is 25.0 Å². The highest BCUT2D eigenvalue weighted by molar-refractivity contribution is 5.68. The first-order valence-electron chi connectivity index (χ1n) is 11.7. The molecule has 0 radical (unpaired) electrons. The van der Waals surface area contributed by atoms with Gasteiger partial charge < -0.3 is 25.1 Å². The summed E-state index contributed by atoms with van der Waals surface area (Å²) in [7, 11) is 3.12. The fraction of sp³-hybridized carbons (Fsp3) is 0.696. The number of aryl methyl sites for hydroxylation is 1. The zero-order valence-corrected chi connectivity index (χ0v) is 20.0. The van der Waals surface area contributed by atoms with Gasteiger partial charge in [0.2, 0.25) is 5.88 Å². The topological polar surface area (TPSA) is 120 Å². The molecule has 3 rings (SSSR count). The van der Waals surface area contributed by atoms with Crippen molar-refractivity contribution in [2.24, 2.45) is 11.6 Å². The summed E-state index contributed by atoms with van der Waals surface area (Å²) < 4.78 is 26.1. The van der Waals surface area contributed by atoms with E-state index in [1.165, 1.54) is 29.6 Å². The maximum absolute atomic E-state index is 14.7. The molecular weight excluding hydrogens is 427 g/mol. The van der Waals surface area contributed by atoms with E-state index in [-0.39, 0.29) is 25.0 Å². The van der Waals surface area contributed by atoms with Gasteiger partial charge in [-0.05, 0) is 45.4 Å². The molecule has 0 saturated heterocycles. The number of nitrogens with zero attached hydrogens (tertiary/aromatic N) is 4. The van der Waals surface area contributed by atoms with Crippen LogP contribution in [0.3, 0.4) is 0 Å². The van der Waals surface area contributed by atoms with Crippen LogP contribution in [0.5, 0.6) is 5.88 Å². The van der Waals surface area contributed by atoms with Crippen LogP contribution in [0.15, 0.2) is 11.9 Å². The van der Waals surface area contributed by atoms with Gasteiger partial charge in [0.05, 0.1) is 24.1 Å². The Hall–Kier alpha value is -2.62. The first-order valence-corrected chi connectivity index (χ1v) is 11.7. The van der Waals surface area contributed by atoms with E-state index >= 15 is 0 Å². The van der Waals surface area contributed by atoms with Crippen LogP contribution in [0.1, 0.15) is 69.2 Å². The largest absolute Gasteiger partial charge is 0.473 e. The van der Waals surface area contributed by atoms with Crippen LogP contribution in [0.2, 0.25) is 0 Å².